The molecule has 3 aromatic rings. The van der Waals surface area contributed by atoms with E-state index in [4.69, 9.17) is 16.3 Å². The largest absolute Gasteiger partial charge is 0.489 e. The van der Waals surface area contributed by atoms with Crippen molar-refractivity contribution in [1.82, 2.24) is 5.32 Å². The molecule has 3 aromatic carbocycles. The lowest BCUT2D eigenvalue weighted by molar-refractivity contribution is -0.384. The highest BCUT2D eigenvalue weighted by Crippen LogP contribution is 2.34. The average molecular weight is 466 g/mol. The van der Waals surface area contributed by atoms with Crippen molar-refractivity contribution in [3.8, 4) is 5.75 Å². The molecule has 1 fully saturated rings. The number of nitrogens with one attached hydrogen (secondary N) is 1. The van der Waals surface area contributed by atoms with Gasteiger partial charge in [-0.15, -0.1) is 0 Å². The number of hydrogen-bond acceptors (Lipinski definition) is 6. The zero-order valence-corrected chi connectivity index (χ0v) is 18.1. The number of rotatable bonds is 6. The van der Waals surface area contributed by atoms with Crippen molar-refractivity contribution >= 4 is 51.9 Å². The zero-order valence-electron chi connectivity index (χ0n) is 16.5. The van der Waals surface area contributed by atoms with Crippen LogP contribution in [0.2, 0.25) is 5.02 Å². The maximum Gasteiger partial charge on any atom is 0.296 e. The third-order valence-electron chi connectivity index (χ3n) is 4.41. The summed E-state index contributed by atoms with van der Waals surface area (Å²) in [5.74, 6) is 0.346. The number of hydrogen-bond donors (Lipinski definition) is 1. The molecule has 1 heterocycles. The fraction of sp³-hybridized carbons (Fsp3) is 0.0435. The Balaban J connectivity index is 1.50. The molecule has 0 bridgehead atoms. The van der Waals surface area contributed by atoms with E-state index in [-0.39, 0.29) is 27.5 Å². The Bertz CT molecular complexity index is 1240. The first-order valence-electron chi connectivity index (χ1n) is 9.48. The topological polar surface area (TPSA) is 93.8 Å². The number of carbonyl (C=O) groups is 1. The van der Waals surface area contributed by atoms with Gasteiger partial charge in [0.1, 0.15) is 18.0 Å². The maximum absolute atomic E-state index is 12.4. The molecule has 0 aliphatic carbocycles. The summed E-state index contributed by atoms with van der Waals surface area (Å²) in [5.41, 5.74) is 1.71. The van der Waals surface area contributed by atoms with E-state index in [0.717, 1.165) is 22.9 Å². The Hall–Kier alpha value is -3.62. The maximum atomic E-state index is 12.4. The molecule has 0 atom stereocenters. The molecule has 7 nitrogen and oxygen atoms in total. The van der Waals surface area contributed by atoms with Gasteiger partial charge in [-0.1, -0.05) is 54.1 Å². The molecule has 1 aliphatic rings. The van der Waals surface area contributed by atoms with Gasteiger partial charge in [-0.2, -0.15) is 0 Å². The SMILES string of the molecule is O=C1NC(=Nc2ccc(Cl)cc2[N+](=O)[O-])S/C1=C/c1cccc(OCc2ccccc2)c1. The van der Waals surface area contributed by atoms with Gasteiger partial charge in [0.2, 0.25) is 0 Å². The molecule has 9 heteroatoms. The summed E-state index contributed by atoms with van der Waals surface area (Å²) in [7, 11) is 0. The highest BCUT2D eigenvalue weighted by molar-refractivity contribution is 8.18. The van der Waals surface area contributed by atoms with E-state index in [1.54, 1.807) is 6.08 Å². The van der Waals surface area contributed by atoms with E-state index < -0.39 is 4.92 Å². The van der Waals surface area contributed by atoms with Gasteiger partial charge in [-0.25, -0.2) is 4.99 Å². The number of nitro benzene ring substituents is 1. The lowest BCUT2D eigenvalue weighted by atomic mass is 10.2. The number of thioether (sulfide) groups is 1. The van der Waals surface area contributed by atoms with Gasteiger partial charge in [-0.3, -0.25) is 14.9 Å². The van der Waals surface area contributed by atoms with Crippen LogP contribution in [0.5, 0.6) is 5.75 Å². The predicted octanol–water partition coefficient (Wildman–Crippen LogP) is 5.72. The Morgan fingerprint density at radius 2 is 1.91 bits per heavy atom. The first-order chi connectivity index (χ1) is 15.5. The van der Waals surface area contributed by atoms with Crippen molar-refractivity contribution in [1.29, 1.82) is 0 Å². The molecule has 1 aliphatic heterocycles. The third-order valence-corrected chi connectivity index (χ3v) is 5.56. The number of benzene rings is 3. The summed E-state index contributed by atoms with van der Waals surface area (Å²) in [5, 5.41) is 14.4. The van der Waals surface area contributed by atoms with Gasteiger partial charge < -0.3 is 10.1 Å². The van der Waals surface area contributed by atoms with Crippen molar-refractivity contribution in [3.05, 3.63) is 104 Å². The Labute approximate surface area is 192 Å². The fourth-order valence-corrected chi connectivity index (χ4v) is 3.91. The van der Waals surface area contributed by atoms with Crippen molar-refractivity contribution in [2.45, 2.75) is 6.61 Å². The van der Waals surface area contributed by atoms with Crippen LogP contribution in [0.1, 0.15) is 11.1 Å². The molecule has 1 saturated heterocycles. The Morgan fingerprint density at radius 1 is 1.09 bits per heavy atom. The second-order valence-electron chi connectivity index (χ2n) is 6.72. The first-order valence-corrected chi connectivity index (χ1v) is 10.7. The molecule has 0 unspecified atom stereocenters. The average Bonchev–Trinajstić information content (AvgIpc) is 3.13. The summed E-state index contributed by atoms with van der Waals surface area (Å²) in [6, 6.07) is 21.4. The van der Waals surface area contributed by atoms with Crippen molar-refractivity contribution in [2.75, 3.05) is 0 Å². The number of amides is 1. The summed E-state index contributed by atoms with van der Waals surface area (Å²) in [4.78, 5) is 27.7. The number of ether oxygens (including phenoxy) is 1. The standard InChI is InChI=1S/C23H16ClN3O4S/c24-17-9-10-19(20(13-17)27(29)30)25-23-26-22(28)21(32-23)12-16-7-4-8-18(11-16)31-14-15-5-2-1-3-6-15/h1-13H,14H2,(H,25,26,28)/b21-12+. The molecule has 1 N–H and O–H groups in total. The minimum atomic E-state index is -0.565. The van der Waals surface area contributed by atoms with E-state index >= 15 is 0 Å². The van der Waals surface area contributed by atoms with Crippen LogP contribution in [0.4, 0.5) is 11.4 Å². The Kier molecular flexibility index (Phi) is 6.53. The normalized spacial score (nSPS) is 15.7. The van der Waals surface area contributed by atoms with Crippen LogP contribution in [0.25, 0.3) is 6.08 Å². The van der Waals surface area contributed by atoms with Crippen LogP contribution in [0.3, 0.4) is 0 Å². The van der Waals surface area contributed by atoms with Crippen LogP contribution in [-0.2, 0) is 11.4 Å². The third kappa shape index (κ3) is 5.35. The summed E-state index contributed by atoms with van der Waals surface area (Å²) < 4.78 is 5.83. The van der Waals surface area contributed by atoms with Crippen LogP contribution in [-0.4, -0.2) is 16.0 Å². The van der Waals surface area contributed by atoms with Crippen molar-refractivity contribution in [2.24, 2.45) is 4.99 Å². The van der Waals surface area contributed by atoms with E-state index in [2.05, 4.69) is 10.3 Å². The van der Waals surface area contributed by atoms with E-state index in [9.17, 15) is 14.9 Å². The number of nitrogens with zero attached hydrogens (tertiary/aromatic N) is 2. The molecule has 32 heavy (non-hydrogen) atoms. The van der Waals surface area contributed by atoms with Gasteiger partial charge in [0, 0.05) is 11.1 Å². The van der Waals surface area contributed by atoms with Gasteiger partial charge in [0.15, 0.2) is 5.17 Å². The minimum absolute atomic E-state index is 0.111. The highest BCUT2D eigenvalue weighted by Gasteiger charge is 2.25. The zero-order chi connectivity index (χ0) is 22.5. The van der Waals surface area contributed by atoms with Crippen molar-refractivity contribution < 1.29 is 14.5 Å². The number of halogens is 1. The molecule has 0 radical (unpaired) electrons. The lowest BCUT2D eigenvalue weighted by Crippen LogP contribution is -2.19. The minimum Gasteiger partial charge on any atom is -0.489 e. The van der Waals surface area contributed by atoms with Crippen molar-refractivity contribution in [3.63, 3.8) is 0 Å². The number of amidine groups is 1. The molecular formula is C23H16ClN3O4S. The molecule has 0 saturated carbocycles. The molecule has 0 aromatic heterocycles. The summed E-state index contributed by atoms with van der Waals surface area (Å²) >= 11 is 6.94. The smallest absolute Gasteiger partial charge is 0.296 e. The molecule has 4 rings (SSSR count). The predicted molar refractivity (Wildman–Crippen MR) is 126 cm³/mol. The number of carbonyl (C=O) groups excluding carboxylic acids is 1. The fourth-order valence-electron chi connectivity index (χ4n) is 2.91. The quantitative estimate of drug-likeness (QED) is 0.285. The van der Waals surface area contributed by atoms with Gasteiger partial charge in [-0.05, 0) is 53.2 Å². The lowest BCUT2D eigenvalue weighted by Gasteiger charge is -2.07. The highest BCUT2D eigenvalue weighted by atomic mass is 35.5. The summed E-state index contributed by atoms with van der Waals surface area (Å²) in [6.07, 6.45) is 1.72. The van der Waals surface area contributed by atoms with E-state index in [1.807, 2.05) is 54.6 Å². The molecule has 160 valence electrons. The van der Waals surface area contributed by atoms with Gasteiger partial charge in [0.05, 0.1) is 9.83 Å². The van der Waals surface area contributed by atoms with Gasteiger partial charge in [0.25, 0.3) is 11.6 Å². The van der Waals surface area contributed by atoms with Gasteiger partial charge >= 0.3 is 0 Å². The van der Waals surface area contributed by atoms with Crippen LogP contribution >= 0.6 is 23.4 Å². The second kappa shape index (κ2) is 9.67. The molecule has 0 spiro atoms. The molecule has 1 amide bonds. The summed E-state index contributed by atoms with van der Waals surface area (Å²) in [6.45, 7) is 0.437. The number of aliphatic imine (C=N–C) groups is 1. The van der Waals surface area contributed by atoms with Crippen LogP contribution in [0, 0.1) is 10.1 Å². The van der Waals surface area contributed by atoms with E-state index in [1.165, 1.54) is 18.2 Å². The Morgan fingerprint density at radius 3 is 2.69 bits per heavy atom. The number of nitro groups is 1. The van der Waals surface area contributed by atoms with Crippen LogP contribution in [0.15, 0.2) is 82.7 Å². The molecular weight excluding hydrogens is 450 g/mol. The second-order valence-corrected chi connectivity index (χ2v) is 8.19. The van der Waals surface area contributed by atoms with E-state index in [0.29, 0.717) is 17.3 Å². The van der Waals surface area contributed by atoms with Crippen LogP contribution < -0.4 is 10.1 Å². The monoisotopic (exact) mass is 465 g/mol. The first kappa shape index (κ1) is 21.6.